The van der Waals surface area contributed by atoms with Gasteiger partial charge in [-0.2, -0.15) is 0 Å². The highest BCUT2D eigenvalue weighted by molar-refractivity contribution is 7.99. The molecule has 0 unspecified atom stereocenters. The first-order valence-corrected chi connectivity index (χ1v) is 10.6. The monoisotopic (exact) mass is 416 g/mol. The Hall–Kier alpha value is -2.88. The second kappa shape index (κ2) is 9.55. The zero-order valence-corrected chi connectivity index (χ0v) is 17.3. The number of para-hydroxylation sites is 1. The fourth-order valence-electron chi connectivity index (χ4n) is 2.92. The average molecular weight is 417 g/mol. The minimum absolute atomic E-state index is 0.00273. The van der Waals surface area contributed by atoms with E-state index in [9.17, 15) is 14.4 Å². The van der Waals surface area contributed by atoms with E-state index in [1.165, 1.54) is 11.8 Å². The van der Waals surface area contributed by atoms with Gasteiger partial charge in [-0.05, 0) is 25.0 Å². The van der Waals surface area contributed by atoms with Crippen LogP contribution >= 0.6 is 11.8 Å². The van der Waals surface area contributed by atoms with E-state index in [0.717, 1.165) is 19.3 Å². The normalized spacial score (nSPS) is 11.1. The molecule has 0 atom stereocenters. The van der Waals surface area contributed by atoms with Crippen LogP contribution in [0.2, 0.25) is 0 Å². The molecular formula is C19H24N6O3S. The van der Waals surface area contributed by atoms with Crippen LogP contribution < -0.4 is 16.2 Å². The number of aryl methyl sites for hydroxylation is 1. The summed E-state index contributed by atoms with van der Waals surface area (Å²) in [6.45, 7) is 5.04. The van der Waals surface area contributed by atoms with Gasteiger partial charge in [0, 0.05) is 13.1 Å². The van der Waals surface area contributed by atoms with Gasteiger partial charge in [0.25, 0.3) is 5.56 Å². The van der Waals surface area contributed by atoms with Crippen molar-refractivity contribution in [1.29, 1.82) is 0 Å². The minimum atomic E-state index is -0.512. The van der Waals surface area contributed by atoms with Crippen LogP contribution in [0.15, 0.2) is 34.2 Å². The van der Waals surface area contributed by atoms with E-state index in [-0.39, 0.29) is 11.3 Å². The molecule has 2 aromatic heterocycles. The quantitative estimate of drug-likeness (QED) is 0.545. The lowest BCUT2D eigenvalue weighted by atomic mass is 10.2. The van der Waals surface area contributed by atoms with Crippen molar-refractivity contribution in [2.75, 3.05) is 12.3 Å². The van der Waals surface area contributed by atoms with E-state index in [1.54, 1.807) is 15.0 Å². The fourth-order valence-corrected chi connectivity index (χ4v) is 3.66. The molecule has 0 aliphatic rings. The van der Waals surface area contributed by atoms with Gasteiger partial charge in [-0.3, -0.25) is 23.9 Å². The van der Waals surface area contributed by atoms with Crippen molar-refractivity contribution < 1.29 is 9.59 Å². The highest BCUT2D eigenvalue weighted by Gasteiger charge is 2.17. The van der Waals surface area contributed by atoms with Gasteiger partial charge in [-0.1, -0.05) is 44.2 Å². The second-order valence-corrected chi connectivity index (χ2v) is 7.48. The number of nitrogens with zero attached hydrogens (tertiary/aromatic N) is 4. The van der Waals surface area contributed by atoms with Crippen LogP contribution in [0, 0.1) is 0 Å². The van der Waals surface area contributed by atoms with Crippen LogP contribution in [0.25, 0.3) is 16.7 Å². The summed E-state index contributed by atoms with van der Waals surface area (Å²) in [6.07, 6.45) is 2.58. The Morgan fingerprint density at radius 2 is 1.93 bits per heavy atom. The van der Waals surface area contributed by atoms with Gasteiger partial charge in [0.1, 0.15) is 0 Å². The largest absolute Gasteiger partial charge is 0.338 e. The number of hydrogen-bond acceptors (Lipinski definition) is 6. The molecule has 3 rings (SSSR count). The maximum absolute atomic E-state index is 12.9. The van der Waals surface area contributed by atoms with Crippen LogP contribution in [0.3, 0.4) is 0 Å². The molecule has 1 aromatic carbocycles. The maximum Gasteiger partial charge on any atom is 0.321 e. The number of hydrogen-bond donors (Lipinski definition) is 2. The molecule has 2 N–H and O–H groups in total. The highest BCUT2D eigenvalue weighted by atomic mass is 32.2. The third-order valence-corrected chi connectivity index (χ3v) is 5.26. The number of unbranched alkanes of at least 4 members (excludes halogenated alkanes) is 1. The number of aromatic nitrogens is 4. The van der Waals surface area contributed by atoms with E-state index in [4.69, 9.17) is 0 Å². The lowest BCUT2D eigenvalue weighted by Crippen LogP contribution is -2.40. The average Bonchev–Trinajstić information content (AvgIpc) is 3.14. The maximum atomic E-state index is 12.9. The molecule has 29 heavy (non-hydrogen) atoms. The molecule has 154 valence electrons. The Morgan fingerprint density at radius 3 is 2.69 bits per heavy atom. The molecule has 0 saturated carbocycles. The number of urea groups is 1. The van der Waals surface area contributed by atoms with Gasteiger partial charge >= 0.3 is 6.03 Å². The standard InChI is InChI=1S/C19H24N6O3S/c1-3-5-11-24-16(27)13-8-6-7-9-14(13)25-18(24)22-23-19(25)29-12-15(26)21-17(28)20-10-4-2/h6-9H,3-5,10-12H2,1-2H3,(H2,20,21,26,28). The number of thioether (sulfide) groups is 1. The number of carbonyl (C=O) groups is 2. The Kier molecular flexibility index (Phi) is 6.86. The van der Waals surface area contributed by atoms with Crippen LogP contribution in [0.1, 0.15) is 33.1 Å². The molecular weight excluding hydrogens is 392 g/mol. The number of imide groups is 1. The van der Waals surface area contributed by atoms with Crippen molar-refractivity contribution in [3.63, 3.8) is 0 Å². The predicted molar refractivity (Wildman–Crippen MR) is 112 cm³/mol. The van der Waals surface area contributed by atoms with Crippen molar-refractivity contribution in [2.45, 2.75) is 44.8 Å². The van der Waals surface area contributed by atoms with Gasteiger partial charge in [0.2, 0.25) is 11.7 Å². The molecule has 0 bridgehead atoms. The van der Waals surface area contributed by atoms with Gasteiger partial charge in [0.05, 0.1) is 16.7 Å². The fraction of sp³-hybridized carbons (Fsp3) is 0.421. The van der Waals surface area contributed by atoms with E-state index < -0.39 is 11.9 Å². The summed E-state index contributed by atoms with van der Waals surface area (Å²) in [5.74, 6) is 0.0256. The molecule has 3 aromatic rings. The van der Waals surface area contributed by atoms with Crippen LogP contribution in [0.4, 0.5) is 4.79 Å². The van der Waals surface area contributed by atoms with E-state index in [2.05, 4.69) is 27.8 Å². The van der Waals surface area contributed by atoms with Gasteiger partial charge < -0.3 is 5.32 Å². The third-order valence-electron chi connectivity index (χ3n) is 4.33. The van der Waals surface area contributed by atoms with Crippen LogP contribution in [-0.4, -0.2) is 43.4 Å². The van der Waals surface area contributed by atoms with Crippen LogP contribution in [0.5, 0.6) is 0 Å². The van der Waals surface area contributed by atoms with Crippen molar-refractivity contribution in [2.24, 2.45) is 0 Å². The lowest BCUT2D eigenvalue weighted by molar-refractivity contribution is -0.117. The number of benzene rings is 1. The zero-order valence-electron chi connectivity index (χ0n) is 16.5. The Bertz CT molecular complexity index is 1090. The molecule has 10 heteroatoms. The van der Waals surface area contributed by atoms with Crippen molar-refractivity contribution in [1.82, 2.24) is 29.8 Å². The van der Waals surface area contributed by atoms with E-state index in [0.29, 0.717) is 34.9 Å². The smallest absolute Gasteiger partial charge is 0.321 e. The first-order valence-electron chi connectivity index (χ1n) is 9.64. The molecule has 3 amide bonds. The lowest BCUT2D eigenvalue weighted by Gasteiger charge is -2.10. The van der Waals surface area contributed by atoms with Crippen LogP contribution in [-0.2, 0) is 11.3 Å². The Balaban J connectivity index is 1.90. The molecule has 0 saturated heterocycles. The Morgan fingerprint density at radius 1 is 1.14 bits per heavy atom. The topological polar surface area (TPSA) is 110 Å². The number of fused-ring (bicyclic) bond motifs is 3. The molecule has 0 aliphatic carbocycles. The van der Waals surface area contributed by atoms with Crippen molar-refractivity contribution in [3.05, 3.63) is 34.6 Å². The predicted octanol–water partition coefficient (Wildman–Crippen LogP) is 2.17. The summed E-state index contributed by atoms with van der Waals surface area (Å²) in [5, 5.41) is 14.3. The van der Waals surface area contributed by atoms with Crippen molar-refractivity contribution in [3.8, 4) is 0 Å². The number of rotatable bonds is 8. The summed E-state index contributed by atoms with van der Waals surface area (Å²) < 4.78 is 3.42. The van der Waals surface area contributed by atoms with Crippen molar-refractivity contribution >= 4 is 40.4 Å². The summed E-state index contributed by atoms with van der Waals surface area (Å²) in [6, 6.07) is 6.76. The molecule has 9 nitrogen and oxygen atoms in total. The van der Waals surface area contributed by atoms with Gasteiger partial charge in [-0.25, -0.2) is 4.79 Å². The summed E-state index contributed by atoms with van der Waals surface area (Å²) in [5.41, 5.74) is 0.588. The van der Waals surface area contributed by atoms with E-state index >= 15 is 0 Å². The zero-order chi connectivity index (χ0) is 20.8. The van der Waals surface area contributed by atoms with Gasteiger partial charge in [0.15, 0.2) is 5.16 Å². The first kappa shape index (κ1) is 20.8. The molecule has 0 spiro atoms. The summed E-state index contributed by atoms with van der Waals surface area (Å²) in [7, 11) is 0. The third kappa shape index (κ3) is 4.58. The summed E-state index contributed by atoms with van der Waals surface area (Å²) >= 11 is 1.17. The molecule has 0 fully saturated rings. The van der Waals surface area contributed by atoms with Gasteiger partial charge in [-0.15, -0.1) is 10.2 Å². The Labute approximate surface area is 171 Å². The van der Waals surface area contributed by atoms with E-state index in [1.807, 2.05) is 25.1 Å². The minimum Gasteiger partial charge on any atom is -0.338 e. The number of carbonyl (C=O) groups excluding carboxylic acids is 2. The molecule has 2 heterocycles. The number of amides is 3. The number of nitrogens with one attached hydrogen (secondary N) is 2. The highest BCUT2D eigenvalue weighted by Crippen LogP contribution is 2.21. The second-order valence-electron chi connectivity index (χ2n) is 6.54. The molecule has 0 aliphatic heterocycles. The summed E-state index contributed by atoms with van der Waals surface area (Å²) in [4.78, 5) is 36.6. The first-order chi connectivity index (χ1) is 14.1. The molecule has 0 radical (unpaired) electrons. The SMILES string of the molecule is CCCCn1c(=O)c2ccccc2n2c(SCC(=O)NC(=O)NCCC)nnc12.